The fraction of sp³-hybridized carbons (Fsp3) is 0.938. The maximum absolute atomic E-state index is 12.0. The van der Waals surface area contributed by atoms with Gasteiger partial charge in [-0.1, -0.05) is 26.7 Å². The third kappa shape index (κ3) is 4.85. The zero-order valence-corrected chi connectivity index (χ0v) is 13.5. The summed E-state index contributed by atoms with van der Waals surface area (Å²) in [4.78, 5) is 14.5. The predicted molar refractivity (Wildman–Crippen MR) is 84.2 cm³/mol. The zero-order chi connectivity index (χ0) is 15.3. The Labute approximate surface area is 128 Å². The van der Waals surface area contributed by atoms with Crippen LogP contribution in [0.5, 0.6) is 0 Å². The van der Waals surface area contributed by atoms with Crippen molar-refractivity contribution >= 4 is 6.03 Å². The average Bonchev–Trinajstić information content (AvgIpc) is 3.06. The van der Waals surface area contributed by atoms with Crippen molar-refractivity contribution in [3.8, 4) is 0 Å². The van der Waals surface area contributed by atoms with Gasteiger partial charge in [0.25, 0.3) is 0 Å². The minimum Gasteiger partial charge on any atom is -0.394 e. The number of carbonyl (C=O) groups excluding carboxylic acids is 1. The summed E-state index contributed by atoms with van der Waals surface area (Å²) < 4.78 is 0. The lowest BCUT2D eigenvalue weighted by molar-refractivity contribution is 0.162. The van der Waals surface area contributed by atoms with Gasteiger partial charge in [0.05, 0.1) is 12.1 Å². The van der Waals surface area contributed by atoms with Gasteiger partial charge >= 0.3 is 6.03 Å². The van der Waals surface area contributed by atoms with Crippen molar-refractivity contribution in [2.24, 2.45) is 11.8 Å². The van der Waals surface area contributed by atoms with Crippen LogP contribution in [0.25, 0.3) is 0 Å². The van der Waals surface area contributed by atoms with Crippen LogP contribution in [0.15, 0.2) is 0 Å². The van der Waals surface area contributed by atoms with Crippen LogP contribution >= 0.6 is 0 Å². The van der Waals surface area contributed by atoms with Gasteiger partial charge in [0.1, 0.15) is 0 Å². The molecule has 5 nitrogen and oxygen atoms in total. The van der Waals surface area contributed by atoms with Crippen LogP contribution in [0.3, 0.4) is 0 Å². The van der Waals surface area contributed by atoms with Crippen molar-refractivity contribution in [3.05, 3.63) is 0 Å². The van der Waals surface area contributed by atoms with Crippen molar-refractivity contribution in [2.75, 3.05) is 32.8 Å². The summed E-state index contributed by atoms with van der Waals surface area (Å²) in [5.41, 5.74) is -0.372. The molecule has 0 radical (unpaired) electrons. The topological polar surface area (TPSA) is 64.6 Å². The van der Waals surface area contributed by atoms with Gasteiger partial charge in [0, 0.05) is 19.6 Å². The van der Waals surface area contributed by atoms with E-state index < -0.39 is 0 Å². The van der Waals surface area contributed by atoms with Crippen LogP contribution in [0, 0.1) is 11.8 Å². The third-order valence-electron chi connectivity index (χ3n) is 4.79. The highest BCUT2D eigenvalue weighted by Crippen LogP contribution is 2.28. The minimum absolute atomic E-state index is 0.0476. The first-order valence-electron chi connectivity index (χ1n) is 8.42. The molecule has 122 valence electrons. The summed E-state index contributed by atoms with van der Waals surface area (Å²) in [6, 6.07) is -0.117. The summed E-state index contributed by atoms with van der Waals surface area (Å²) in [6.07, 6.45) is 5.13. The van der Waals surface area contributed by atoms with Gasteiger partial charge in [-0.15, -0.1) is 0 Å². The Bertz CT molecular complexity index is 340. The fourth-order valence-corrected chi connectivity index (χ4v) is 3.66. The van der Waals surface area contributed by atoms with E-state index in [0.29, 0.717) is 11.8 Å². The van der Waals surface area contributed by atoms with Crippen LogP contribution < -0.4 is 10.6 Å². The Morgan fingerprint density at radius 3 is 2.71 bits per heavy atom. The molecule has 2 rings (SSSR count). The lowest BCUT2D eigenvalue weighted by Gasteiger charge is -2.28. The quantitative estimate of drug-likeness (QED) is 0.697. The molecule has 2 fully saturated rings. The molecule has 0 bridgehead atoms. The first kappa shape index (κ1) is 16.6. The summed E-state index contributed by atoms with van der Waals surface area (Å²) >= 11 is 0. The number of rotatable bonds is 6. The molecular weight excluding hydrogens is 266 g/mol. The second-order valence-corrected chi connectivity index (χ2v) is 7.29. The molecule has 5 heteroatoms. The Balaban J connectivity index is 1.67. The van der Waals surface area contributed by atoms with Gasteiger partial charge in [-0.3, -0.25) is 0 Å². The van der Waals surface area contributed by atoms with E-state index >= 15 is 0 Å². The Kier molecular flexibility index (Phi) is 5.88. The number of aliphatic hydroxyl groups is 1. The zero-order valence-electron chi connectivity index (χ0n) is 13.5. The number of carbonyl (C=O) groups is 1. The van der Waals surface area contributed by atoms with Gasteiger partial charge in [-0.2, -0.15) is 0 Å². The average molecular weight is 297 g/mol. The first-order valence-corrected chi connectivity index (χ1v) is 8.42. The molecule has 0 aromatic heterocycles. The standard InChI is InChI=1S/C16H31N3O2/c1-13(2)10-19-8-5-14(11-19)9-17-15(21)18-16(12-20)6-3-4-7-16/h13-14,20H,3-12H2,1-2H3,(H2,17,18,21). The number of hydrogen-bond donors (Lipinski definition) is 3. The highest BCUT2D eigenvalue weighted by Gasteiger charge is 2.34. The molecule has 0 aromatic rings. The molecule has 21 heavy (non-hydrogen) atoms. The summed E-state index contributed by atoms with van der Waals surface area (Å²) in [6.45, 7) is 8.66. The Morgan fingerprint density at radius 1 is 1.38 bits per heavy atom. The van der Waals surface area contributed by atoms with E-state index in [-0.39, 0.29) is 18.2 Å². The largest absolute Gasteiger partial charge is 0.394 e. The van der Waals surface area contributed by atoms with E-state index in [9.17, 15) is 9.90 Å². The van der Waals surface area contributed by atoms with Crippen LogP contribution in [-0.4, -0.2) is 54.4 Å². The summed E-state index contributed by atoms with van der Waals surface area (Å²) in [5.74, 6) is 1.26. The number of aliphatic hydroxyl groups excluding tert-OH is 1. The minimum atomic E-state index is -0.372. The smallest absolute Gasteiger partial charge is 0.315 e. The second-order valence-electron chi connectivity index (χ2n) is 7.29. The third-order valence-corrected chi connectivity index (χ3v) is 4.79. The molecule has 1 atom stereocenters. The van der Waals surface area contributed by atoms with Crippen molar-refractivity contribution in [1.29, 1.82) is 0 Å². The van der Waals surface area contributed by atoms with Crippen LogP contribution in [-0.2, 0) is 0 Å². The molecule has 1 aliphatic carbocycles. The molecule has 1 saturated heterocycles. The van der Waals surface area contributed by atoms with Gasteiger partial charge in [0.2, 0.25) is 0 Å². The molecule has 1 saturated carbocycles. The number of nitrogens with one attached hydrogen (secondary N) is 2. The van der Waals surface area contributed by atoms with Crippen LogP contribution in [0.1, 0.15) is 46.0 Å². The number of urea groups is 1. The van der Waals surface area contributed by atoms with E-state index in [1.54, 1.807) is 0 Å². The summed E-state index contributed by atoms with van der Waals surface area (Å²) in [7, 11) is 0. The molecule has 1 aliphatic heterocycles. The number of amides is 2. The van der Waals surface area contributed by atoms with Crippen molar-refractivity contribution < 1.29 is 9.90 Å². The van der Waals surface area contributed by atoms with E-state index in [0.717, 1.165) is 58.3 Å². The molecule has 3 N–H and O–H groups in total. The maximum Gasteiger partial charge on any atom is 0.315 e. The van der Waals surface area contributed by atoms with E-state index in [1.807, 2.05) is 0 Å². The molecule has 1 heterocycles. The van der Waals surface area contributed by atoms with Crippen molar-refractivity contribution in [3.63, 3.8) is 0 Å². The van der Waals surface area contributed by atoms with Gasteiger partial charge in [-0.05, 0) is 37.6 Å². The van der Waals surface area contributed by atoms with Crippen molar-refractivity contribution in [1.82, 2.24) is 15.5 Å². The molecular formula is C16H31N3O2. The Morgan fingerprint density at radius 2 is 2.10 bits per heavy atom. The normalized spacial score (nSPS) is 25.4. The maximum atomic E-state index is 12.0. The van der Waals surface area contributed by atoms with E-state index in [2.05, 4.69) is 29.4 Å². The Hall–Kier alpha value is -0.810. The first-order chi connectivity index (χ1) is 10.0. The summed E-state index contributed by atoms with van der Waals surface area (Å²) in [5, 5.41) is 15.5. The molecule has 2 aliphatic rings. The lowest BCUT2D eigenvalue weighted by atomic mass is 9.99. The molecule has 1 unspecified atom stereocenters. The lowest BCUT2D eigenvalue weighted by Crippen LogP contribution is -2.53. The molecule has 0 aromatic carbocycles. The number of nitrogens with zero attached hydrogens (tertiary/aromatic N) is 1. The van der Waals surface area contributed by atoms with Crippen molar-refractivity contribution in [2.45, 2.75) is 51.5 Å². The van der Waals surface area contributed by atoms with E-state index in [1.165, 1.54) is 0 Å². The van der Waals surface area contributed by atoms with E-state index in [4.69, 9.17) is 0 Å². The van der Waals surface area contributed by atoms with Gasteiger partial charge < -0.3 is 20.6 Å². The van der Waals surface area contributed by atoms with Crippen LogP contribution in [0.4, 0.5) is 4.79 Å². The monoisotopic (exact) mass is 297 g/mol. The molecule has 0 spiro atoms. The second kappa shape index (κ2) is 7.45. The highest BCUT2D eigenvalue weighted by molar-refractivity contribution is 5.74. The van der Waals surface area contributed by atoms with Gasteiger partial charge in [0.15, 0.2) is 0 Å². The fourth-order valence-electron chi connectivity index (χ4n) is 3.66. The highest BCUT2D eigenvalue weighted by atomic mass is 16.3. The number of likely N-dealkylation sites (tertiary alicyclic amines) is 1. The predicted octanol–water partition coefficient (Wildman–Crippen LogP) is 1.57. The number of hydrogen-bond acceptors (Lipinski definition) is 3. The van der Waals surface area contributed by atoms with Crippen LogP contribution in [0.2, 0.25) is 0 Å². The van der Waals surface area contributed by atoms with Gasteiger partial charge in [-0.25, -0.2) is 4.79 Å². The molecule has 2 amide bonds. The SMILES string of the molecule is CC(C)CN1CCC(CNC(=O)NC2(CO)CCCC2)C1.